The highest BCUT2D eigenvalue weighted by atomic mass is 16.5. The number of aliphatic hydroxyl groups excluding tert-OH is 2. The molecular weight excluding hydrogens is 232 g/mol. The molecule has 0 amide bonds. The van der Waals surface area contributed by atoms with Crippen molar-refractivity contribution < 1.29 is 19.7 Å². The van der Waals surface area contributed by atoms with E-state index in [1.807, 2.05) is 0 Å². The molecule has 0 unspecified atom stereocenters. The summed E-state index contributed by atoms with van der Waals surface area (Å²) in [7, 11) is 0. The minimum absolute atomic E-state index is 0.123. The van der Waals surface area contributed by atoms with Gasteiger partial charge in [0.25, 0.3) is 0 Å². The van der Waals surface area contributed by atoms with Crippen molar-refractivity contribution in [2.45, 2.75) is 52.1 Å². The fourth-order valence-corrected chi connectivity index (χ4v) is 3.11. The van der Waals surface area contributed by atoms with E-state index >= 15 is 0 Å². The van der Waals surface area contributed by atoms with Gasteiger partial charge in [-0.05, 0) is 50.4 Å². The number of hydrogen-bond donors (Lipinski definition) is 2. The molecule has 1 aliphatic rings. The van der Waals surface area contributed by atoms with Crippen LogP contribution in [0.3, 0.4) is 0 Å². The highest BCUT2D eigenvalue weighted by molar-refractivity contribution is 5.69. The zero-order valence-corrected chi connectivity index (χ0v) is 11.5. The van der Waals surface area contributed by atoms with Crippen LogP contribution in [-0.4, -0.2) is 35.5 Å². The first-order chi connectivity index (χ1) is 8.58. The van der Waals surface area contributed by atoms with Gasteiger partial charge in [0.05, 0.1) is 12.7 Å². The highest BCUT2D eigenvalue weighted by Crippen LogP contribution is 2.38. The fourth-order valence-electron chi connectivity index (χ4n) is 3.11. The van der Waals surface area contributed by atoms with Gasteiger partial charge in [0.15, 0.2) is 0 Å². The van der Waals surface area contributed by atoms with Crippen molar-refractivity contribution in [1.82, 2.24) is 0 Å². The van der Waals surface area contributed by atoms with Gasteiger partial charge in [0.2, 0.25) is 0 Å². The van der Waals surface area contributed by atoms with Gasteiger partial charge in [-0.15, -0.1) is 0 Å². The van der Waals surface area contributed by atoms with Crippen LogP contribution in [0.5, 0.6) is 0 Å². The number of ether oxygens (including phenoxy) is 1. The Morgan fingerprint density at radius 3 is 2.72 bits per heavy atom. The zero-order chi connectivity index (χ0) is 13.5. The largest absolute Gasteiger partial charge is 0.466 e. The van der Waals surface area contributed by atoms with Crippen LogP contribution >= 0.6 is 0 Å². The number of carbonyl (C=O) groups is 1. The first-order valence-corrected chi connectivity index (χ1v) is 7.03. The van der Waals surface area contributed by atoms with Gasteiger partial charge in [-0.3, -0.25) is 4.79 Å². The van der Waals surface area contributed by atoms with Crippen LogP contribution in [0.4, 0.5) is 0 Å². The lowest BCUT2D eigenvalue weighted by Crippen LogP contribution is -2.37. The lowest BCUT2D eigenvalue weighted by molar-refractivity contribution is -0.146. The first kappa shape index (κ1) is 15.4. The maximum atomic E-state index is 11.6. The minimum atomic E-state index is -0.347. The molecule has 1 fully saturated rings. The van der Waals surface area contributed by atoms with Crippen molar-refractivity contribution in [2.24, 2.45) is 17.8 Å². The van der Waals surface area contributed by atoms with Crippen LogP contribution in [0, 0.1) is 17.8 Å². The summed E-state index contributed by atoms with van der Waals surface area (Å²) >= 11 is 0. The number of rotatable bonds is 6. The van der Waals surface area contributed by atoms with Gasteiger partial charge in [-0.2, -0.15) is 0 Å². The summed E-state index contributed by atoms with van der Waals surface area (Å²) in [4.78, 5) is 11.6. The van der Waals surface area contributed by atoms with Crippen LogP contribution in [0.15, 0.2) is 0 Å². The second-order valence-corrected chi connectivity index (χ2v) is 5.44. The molecule has 0 radical (unpaired) electrons. The average molecular weight is 258 g/mol. The van der Waals surface area contributed by atoms with E-state index in [2.05, 4.69) is 6.92 Å². The smallest absolute Gasteiger partial charge is 0.306 e. The Kier molecular flexibility index (Phi) is 6.65. The van der Waals surface area contributed by atoms with Crippen LogP contribution in [-0.2, 0) is 9.53 Å². The molecule has 106 valence electrons. The minimum Gasteiger partial charge on any atom is -0.466 e. The van der Waals surface area contributed by atoms with Gasteiger partial charge in [-0.1, -0.05) is 6.92 Å². The third-order valence-corrected chi connectivity index (χ3v) is 3.88. The lowest BCUT2D eigenvalue weighted by atomic mass is 9.70. The van der Waals surface area contributed by atoms with Crippen LogP contribution in [0.2, 0.25) is 0 Å². The van der Waals surface area contributed by atoms with Gasteiger partial charge < -0.3 is 14.9 Å². The number of carbonyl (C=O) groups excluding carboxylic acids is 1. The molecule has 0 aromatic heterocycles. The third-order valence-electron chi connectivity index (χ3n) is 3.88. The molecule has 0 heterocycles. The molecule has 4 heteroatoms. The maximum absolute atomic E-state index is 11.6. The molecule has 0 aromatic carbocycles. The molecule has 0 aliphatic heterocycles. The Labute approximate surface area is 109 Å². The standard InChI is InChI=1S/C14H26O4/c1-3-18-14(17)9-11-7-10(2)8-13(16)12(11)5-4-6-15/h10-13,15-16H,3-9H2,1-2H3/t10-,11-,12-,13-/m1/s1. The van der Waals surface area contributed by atoms with E-state index in [1.165, 1.54) is 0 Å². The molecule has 4 atom stereocenters. The predicted molar refractivity (Wildman–Crippen MR) is 69.0 cm³/mol. The molecule has 0 saturated heterocycles. The van der Waals surface area contributed by atoms with Crippen molar-refractivity contribution >= 4 is 5.97 Å². The molecule has 1 aliphatic carbocycles. The van der Waals surface area contributed by atoms with Gasteiger partial charge in [0.1, 0.15) is 0 Å². The second-order valence-electron chi connectivity index (χ2n) is 5.44. The monoisotopic (exact) mass is 258 g/mol. The fraction of sp³-hybridized carbons (Fsp3) is 0.929. The Morgan fingerprint density at radius 1 is 1.39 bits per heavy atom. The summed E-state index contributed by atoms with van der Waals surface area (Å²) in [5.41, 5.74) is 0. The zero-order valence-electron chi connectivity index (χ0n) is 11.5. The number of aliphatic hydroxyl groups is 2. The van der Waals surface area contributed by atoms with E-state index in [-0.39, 0.29) is 30.5 Å². The van der Waals surface area contributed by atoms with Crippen molar-refractivity contribution in [1.29, 1.82) is 0 Å². The van der Waals surface area contributed by atoms with Crippen molar-refractivity contribution in [2.75, 3.05) is 13.2 Å². The number of esters is 1. The van der Waals surface area contributed by atoms with Gasteiger partial charge >= 0.3 is 5.97 Å². The molecule has 0 bridgehead atoms. The quantitative estimate of drug-likeness (QED) is 0.712. The number of hydrogen-bond acceptors (Lipinski definition) is 4. The molecule has 1 rings (SSSR count). The SMILES string of the molecule is CCOC(=O)C[C@H]1C[C@@H](C)C[C@@H](O)[C@@H]1CCCO. The predicted octanol–water partition coefficient (Wildman–Crippen LogP) is 1.74. The summed E-state index contributed by atoms with van der Waals surface area (Å²) in [5.74, 6) is 0.592. The first-order valence-electron chi connectivity index (χ1n) is 7.03. The summed E-state index contributed by atoms with van der Waals surface area (Å²) < 4.78 is 5.00. The summed E-state index contributed by atoms with van der Waals surface area (Å²) in [6, 6.07) is 0. The van der Waals surface area contributed by atoms with E-state index in [4.69, 9.17) is 9.84 Å². The maximum Gasteiger partial charge on any atom is 0.306 e. The molecule has 2 N–H and O–H groups in total. The van der Waals surface area contributed by atoms with Gasteiger partial charge in [0, 0.05) is 13.0 Å². The third kappa shape index (κ3) is 4.58. The van der Waals surface area contributed by atoms with Gasteiger partial charge in [-0.25, -0.2) is 0 Å². The Bertz CT molecular complexity index is 254. The topological polar surface area (TPSA) is 66.8 Å². The highest BCUT2D eigenvalue weighted by Gasteiger charge is 2.36. The van der Waals surface area contributed by atoms with E-state index in [9.17, 15) is 9.90 Å². The summed E-state index contributed by atoms with van der Waals surface area (Å²) in [6.45, 7) is 4.47. The molecule has 0 spiro atoms. The van der Waals surface area contributed by atoms with Crippen LogP contribution in [0.25, 0.3) is 0 Å². The molecule has 18 heavy (non-hydrogen) atoms. The Hall–Kier alpha value is -0.610. The van der Waals surface area contributed by atoms with Crippen LogP contribution in [0.1, 0.15) is 46.0 Å². The Morgan fingerprint density at radius 2 is 2.11 bits per heavy atom. The normalized spacial score (nSPS) is 32.2. The van der Waals surface area contributed by atoms with Crippen LogP contribution < -0.4 is 0 Å². The van der Waals surface area contributed by atoms with E-state index < -0.39 is 0 Å². The molecule has 4 nitrogen and oxygen atoms in total. The summed E-state index contributed by atoms with van der Waals surface area (Å²) in [5, 5.41) is 19.1. The summed E-state index contributed by atoms with van der Waals surface area (Å²) in [6.07, 6.45) is 3.29. The molecular formula is C14H26O4. The van der Waals surface area contributed by atoms with Crippen molar-refractivity contribution in [3.63, 3.8) is 0 Å². The molecule has 1 saturated carbocycles. The van der Waals surface area contributed by atoms with E-state index in [1.54, 1.807) is 6.92 Å². The van der Waals surface area contributed by atoms with E-state index in [0.29, 0.717) is 25.4 Å². The lowest BCUT2D eigenvalue weighted by Gasteiger charge is -2.38. The average Bonchev–Trinajstić information content (AvgIpc) is 2.28. The Balaban J connectivity index is 2.59. The van der Waals surface area contributed by atoms with Crippen molar-refractivity contribution in [3.05, 3.63) is 0 Å². The second kappa shape index (κ2) is 7.74. The molecule has 0 aromatic rings. The van der Waals surface area contributed by atoms with Crippen molar-refractivity contribution in [3.8, 4) is 0 Å². The van der Waals surface area contributed by atoms with E-state index in [0.717, 1.165) is 19.3 Å².